The SMILES string of the molecule is COC(=O)C1=NNC(c2ccc(OC)cc2)C1. The van der Waals surface area contributed by atoms with E-state index in [-0.39, 0.29) is 12.0 Å². The number of hydrazone groups is 1. The van der Waals surface area contributed by atoms with Crippen LogP contribution in [-0.2, 0) is 9.53 Å². The molecule has 0 aromatic heterocycles. The zero-order valence-electron chi connectivity index (χ0n) is 9.77. The molecule has 90 valence electrons. The summed E-state index contributed by atoms with van der Waals surface area (Å²) >= 11 is 0. The van der Waals surface area contributed by atoms with E-state index in [1.165, 1.54) is 7.11 Å². The van der Waals surface area contributed by atoms with Gasteiger partial charge in [0.25, 0.3) is 0 Å². The number of carbonyl (C=O) groups excluding carboxylic acids is 1. The third-order valence-electron chi connectivity index (χ3n) is 2.69. The molecular weight excluding hydrogens is 220 g/mol. The fraction of sp³-hybridized carbons (Fsp3) is 0.333. The fourth-order valence-corrected chi connectivity index (χ4v) is 1.72. The van der Waals surface area contributed by atoms with E-state index in [0.29, 0.717) is 12.1 Å². The first-order valence-electron chi connectivity index (χ1n) is 5.29. The van der Waals surface area contributed by atoms with Crippen molar-refractivity contribution in [2.45, 2.75) is 12.5 Å². The van der Waals surface area contributed by atoms with Crippen molar-refractivity contribution in [1.29, 1.82) is 0 Å². The molecule has 1 N–H and O–H groups in total. The lowest BCUT2D eigenvalue weighted by atomic mass is 10.0. The first-order valence-corrected chi connectivity index (χ1v) is 5.29. The predicted molar refractivity (Wildman–Crippen MR) is 62.9 cm³/mol. The summed E-state index contributed by atoms with van der Waals surface area (Å²) in [6.45, 7) is 0. The largest absolute Gasteiger partial charge is 0.497 e. The van der Waals surface area contributed by atoms with Crippen LogP contribution in [0.2, 0.25) is 0 Å². The normalized spacial score (nSPS) is 18.2. The minimum Gasteiger partial charge on any atom is -0.497 e. The van der Waals surface area contributed by atoms with Gasteiger partial charge < -0.3 is 14.9 Å². The lowest BCUT2D eigenvalue weighted by Gasteiger charge is -2.10. The molecule has 0 saturated carbocycles. The Bertz CT molecular complexity index is 440. The molecular formula is C12H14N2O3. The topological polar surface area (TPSA) is 59.9 Å². The highest BCUT2D eigenvalue weighted by atomic mass is 16.5. The summed E-state index contributed by atoms with van der Waals surface area (Å²) in [6.07, 6.45) is 0.541. The Balaban J connectivity index is 2.04. The molecule has 0 spiro atoms. The van der Waals surface area contributed by atoms with Gasteiger partial charge in [-0.15, -0.1) is 0 Å². The molecule has 1 unspecified atom stereocenters. The number of nitrogens with zero attached hydrogens (tertiary/aromatic N) is 1. The molecule has 5 nitrogen and oxygen atoms in total. The van der Waals surface area contributed by atoms with Crippen molar-refractivity contribution in [3.8, 4) is 5.75 Å². The number of esters is 1. The van der Waals surface area contributed by atoms with Crippen LogP contribution in [0.15, 0.2) is 29.4 Å². The molecule has 1 atom stereocenters. The highest BCUT2D eigenvalue weighted by Gasteiger charge is 2.25. The molecule has 2 rings (SSSR count). The van der Waals surface area contributed by atoms with Gasteiger partial charge in [0, 0.05) is 6.42 Å². The van der Waals surface area contributed by atoms with E-state index in [1.807, 2.05) is 24.3 Å². The van der Waals surface area contributed by atoms with Crippen LogP contribution in [0.4, 0.5) is 0 Å². The van der Waals surface area contributed by atoms with E-state index in [4.69, 9.17) is 4.74 Å². The first-order chi connectivity index (χ1) is 8.24. The van der Waals surface area contributed by atoms with E-state index in [0.717, 1.165) is 11.3 Å². The summed E-state index contributed by atoms with van der Waals surface area (Å²) in [7, 11) is 2.98. The maximum atomic E-state index is 11.3. The van der Waals surface area contributed by atoms with Crippen LogP contribution in [-0.4, -0.2) is 25.9 Å². The van der Waals surface area contributed by atoms with Gasteiger partial charge in [0.2, 0.25) is 0 Å². The van der Waals surface area contributed by atoms with Crippen LogP contribution in [0.1, 0.15) is 18.0 Å². The number of carbonyl (C=O) groups is 1. The fourth-order valence-electron chi connectivity index (χ4n) is 1.72. The number of nitrogens with one attached hydrogen (secondary N) is 1. The molecule has 0 fully saturated rings. The third-order valence-corrected chi connectivity index (χ3v) is 2.69. The number of ether oxygens (including phenoxy) is 2. The molecule has 1 aliphatic heterocycles. The van der Waals surface area contributed by atoms with Crippen molar-refractivity contribution in [3.63, 3.8) is 0 Å². The van der Waals surface area contributed by atoms with E-state index < -0.39 is 0 Å². The Morgan fingerprint density at radius 3 is 2.65 bits per heavy atom. The second kappa shape index (κ2) is 4.86. The van der Waals surface area contributed by atoms with Gasteiger partial charge in [0.1, 0.15) is 11.5 Å². The van der Waals surface area contributed by atoms with E-state index in [2.05, 4.69) is 15.3 Å². The van der Waals surface area contributed by atoms with Gasteiger partial charge >= 0.3 is 5.97 Å². The smallest absolute Gasteiger partial charge is 0.354 e. The van der Waals surface area contributed by atoms with Crippen LogP contribution >= 0.6 is 0 Å². The molecule has 1 aromatic carbocycles. The maximum Gasteiger partial charge on any atom is 0.354 e. The van der Waals surface area contributed by atoms with Crippen LogP contribution in [0.3, 0.4) is 0 Å². The molecule has 0 aliphatic carbocycles. The highest BCUT2D eigenvalue weighted by Crippen LogP contribution is 2.23. The minimum absolute atomic E-state index is 0.0232. The number of rotatable bonds is 3. The van der Waals surface area contributed by atoms with Gasteiger partial charge in [-0.05, 0) is 17.7 Å². The lowest BCUT2D eigenvalue weighted by Crippen LogP contribution is -2.14. The summed E-state index contributed by atoms with van der Waals surface area (Å²) in [6, 6.07) is 7.69. The maximum absolute atomic E-state index is 11.3. The van der Waals surface area contributed by atoms with Crippen molar-refractivity contribution in [2.75, 3.05) is 14.2 Å². The first kappa shape index (κ1) is 11.4. The van der Waals surface area contributed by atoms with Crippen molar-refractivity contribution in [2.24, 2.45) is 5.10 Å². The van der Waals surface area contributed by atoms with Gasteiger partial charge in [-0.2, -0.15) is 5.10 Å². The predicted octanol–water partition coefficient (Wildman–Crippen LogP) is 1.26. The van der Waals surface area contributed by atoms with Gasteiger partial charge in [-0.3, -0.25) is 0 Å². The van der Waals surface area contributed by atoms with Crippen LogP contribution < -0.4 is 10.2 Å². The Morgan fingerprint density at radius 2 is 2.06 bits per heavy atom. The number of benzene rings is 1. The zero-order valence-corrected chi connectivity index (χ0v) is 9.77. The number of hydrogen-bond acceptors (Lipinski definition) is 5. The van der Waals surface area contributed by atoms with Crippen LogP contribution in [0, 0.1) is 0 Å². The highest BCUT2D eigenvalue weighted by molar-refractivity contribution is 6.36. The van der Waals surface area contributed by atoms with E-state index >= 15 is 0 Å². The average molecular weight is 234 g/mol. The molecule has 17 heavy (non-hydrogen) atoms. The Labute approximate surface area is 99.4 Å². The molecule has 1 heterocycles. The Hall–Kier alpha value is -2.04. The van der Waals surface area contributed by atoms with E-state index in [1.54, 1.807) is 7.11 Å². The zero-order chi connectivity index (χ0) is 12.3. The number of methoxy groups -OCH3 is 2. The second-order valence-corrected chi connectivity index (χ2v) is 3.71. The summed E-state index contributed by atoms with van der Waals surface area (Å²) < 4.78 is 9.71. The van der Waals surface area contributed by atoms with Crippen molar-refractivity contribution < 1.29 is 14.3 Å². The molecule has 0 radical (unpaired) electrons. The molecule has 0 bridgehead atoms. The van der Waals surface area contributed by atoms with Crippen LogP contribution in [0.5, 0.6) is 5.75 Å². The van der Waals surface area contributed by atoms with Gasteiger partial charge in [0.15, 0.2) is 0 Å². The standard InChI is InChI=1S/C12H14N2O3/c1-16-9-5-3-8(4-6-9)10-7-11(14-13-10)12(15)17-2/h3-6,10,13H,7H2,1-2H3. The second-order valence-electron chi connectivity index (χ2n) is 3.71. The Morgan fingerprint density at radius 1 is 1.35 bits per heavy atom. The van der Waals surface area contributed by atoms with Crippen molar-refractivity contribution in [1.82, 2.24) is 5.43 Å². The van der Waals surface area contributed by atoms with Gasteiger partial charge in [0.05, 0.1) is 20.3 Å². The minimum atomic E-state index is -0.381. The Kier molecular flexibility index (Phi) is 3.27. The molecule has 1 aliphatic rings. The lowest BCUT2D eigenvalue weighted by molar-refractivity contribution is -0.132. The molecule has 0 amide bonds. The van der Waals surface area contributed by atoms with Crippen molar-refractivity contribution in [3.05, 3.63) is 29.8 Å². The third kappa shape index (κ3) is 2.38. The quantitative estimate of drug-likeness (QED) is 0.800. The summed E-state index contributed by atoms with van der Waals surface area (Å²) in [5.41, 5.74) is 4.41. The monoisotopic (exact) mass is 234 g/mol. The van der Waals surface area contributed by atoms with E-state index in [9.17, 15) is 4.79 Å². The number of hydrogen-bond donors (Lipinski definition) is 1. The van der Waals surface area contributed by atoms with Crippen molar-refractivity contribution >= 4 is 11.7 Å². The summed E-state index contributed by atoms with van der Waals surface area (Å²) in [5.74, 6) is 0.425. The van der Waals surface area contributed by atoms with Gasteiger partial charge in [-0.25, -0.2) is 4.79 Å². The summed E-state index contributed by atoms with van der Waals surface area (Å²) in [4.78, 5) is 11.3. The molecule has 5 heteroatoms. The summed E-state index contributed by atoms with van der Waals surface area (Å²) in [5, 5.41) is 3.97. The molecule has 1 aromatic rings. The average Bonchev–Trinajstić information content (AvgIpc) is 2.87. The van der Waals surface area contributed by atoms with Crippen LogP contribution in [0.25, 0.3) is 0 Å². The van der Waals surface area contributed by atoms with Gasteiger partial charge in [-0.1, -0.05) is 12.1 Å². The molecule has 0 saturated heterocycles.